The minimum atomic E-state index is -0.377. The Bertz CT molecular complexity index is 877. The van der Waals surface area contributed by atoms with E-state index in [2.05, 4.69) is 10.3 Å². The molecule has 1 aromatic carbocycles. The molecule has 136 valence electrons. The van der Waals surface area contributed by atoms with Crippen LogP contribution in [0.3, 0.4) is 0 Å². The molecule has 1 aromatic heterocycles. The third kappa shape index (κ3) is 3.09. The van der Waals surface area contributed by atoms with Gasteiger partial charge >= 0.3 is 0 Å². The number of aromatic nitrogens is 1. The van der Waals surface area contributed by atoms with Crippen LogP contribution in [0.4, 0.5) is 10.1 Å². The number of pyridine rings is 1. The number of nitrogens with one attached hydrogen (secondary N) is 1. The lowest BCUT2D eigenvalue weighted by Crippen LogP contribution is -2.47. The van der Waals surface area contributed by atoms with Gasteiger partial charge in [0.25, 0.3) is 0 Å². The summed E-state index contributed by atoms with van der Waals surface area (Å²) in [5.74, 6) is -0.184. The quantitative estimate of drug-likeness (QED) is 0.861. The van der Waals surface area contributed by atoms with Crippen molar-refractivity contribution in [1.29, 1.82) is 0 Å². The average molecular weight is 356 g/mol. The molecular weight excluding hydrogens is 335 g/mol. The van der Waals surface area contributed by atoms with Crippen molar-refractivity contribution >= 4 is 28.4 Å². The van der Waals surface area contributed by atoms with Gasteiger partial charge in [-0.15, -0.1) is 0 Å². The molecule has 2 aliphatic heterocycles. The summed E-state index contributed by atoms with van der Waals surface area (Å²) in [6.45, 7) is 1.25. The third-order valence-electron chi connectivity index (χ3n) is 5.32. The Kier molecular flexibility index (Phi) is 4.22. The monoisotopic (exact) mass is 356 g/mol. The number of nitrogen functional groups attached to an aromatic ring is 1. The lowest BCUT2D eigenvalue weighted by Gasteiger charge is -2.33. The minimum absolute atomic E-state index is 0.00391. The van der Waals surface area contributed by atoms with Crippen LogP contribution in [0.15, 0.2) is 24.3 Å². The predicted molar refractivity (Wildman–Crippen MR) is 95.8 cm³/mol. The van der Waals surface area contributed by atoms with Crippen molar-refractivity contribution in [2.24, 2.45) is 0 Å². The first-order valence-electron chi connectivity index (χ1n) is 8.95. The van der Waals surface area contributed by atoms with Gasteiger partial charge in [-0.25, -0.2) is 4.39 Å². The Morgan fingerprint density at radius 1 is 1.23 bits per heavy atom. The standard InChI is InChI=1S/C19H21FN4O2/c20-13-1-2-15-12(9-13)10-14(21)18(23-15)11-5-7-24(8-6-11)19(26)16-3-4-17(25)22-16/h1-2,9-11,16H,3-8,21H2,(H,22,25)/t16-/m0/s1. The summed E-state index contributed by atoms with van der Waals surface area (Å²) in [7, 11) is 0. The van der Waals surface area contributed by atoms with Crippen LogP contribution in [0, 0.1) is 5.82 Å². The van der Waals surface area contributed by atoms with E-state index < -0.39 is 0 Å². The zero-order valence-electron chi connectivity index (χ0n) is 14.4. The van der Waals surface area contributed by atoms with Crippen LogP contribution in [0.1, 0.15) is 37.3 Å². The van der Waals surface area contributed by atoms with Gasteiger partial charge in [-0.1, -0.05) is 0 Å². The van der Waals surface area contributed by atoms with Gasteiger partial charge < -0.3 is 16.0 Å². The molecule has 6 nitrogen and oxygen atoms in total. The van der Waals surface area contributed by atoms with Crippen molar-refractivity contribution in [3.05, 3.63) is 35.8 Å². The first kappa shape index (κ1) is 16.8. The minimum Gasteiger partial charge on any atom is -0.397 e. The molecule has 0 spiro atoms. The average Bonchev–Trinajstić information content (AvgIpc) is 3.07. The fraction of sp³-hybridized carbons (Fsp3) is 0.421. The molecule has 0 unspecified atom stereocenters. The van der Waals surface area contributed by atoms with Gasteiger partial charge in [0.1, 0.15) is 11.9 Å². The number of hydrogen-bond donors (Lipinski definition) is 2. The highest BCUT2D eigenvalue weighted by molar-refractivity contribution is 5.91. The second-order valence-electron chi connectivity index (χ2n) is 7.06. The first-order chi connectivity index (χ1) is 12.5. The highest BCUT2D eigenvalue weighted by Gasteiger charge is 2.33. The van der Waals surface area contributed by atoms with Gasteiger partial charge in [0, 0.05) is 30.8 Å². The Hall–Kier alpha value is -2.70. The lowest BCUT2D eigenvalue weighted by atomic mass is 9.91. The third-order valence-corrected chi connectivity index (χ3v) is 5.32. The zero-order chi connectivity index (χ0) is 18.3. The van der Waals surface area contributed by atoms with E-state index in [0.29, 0.717) is 37.0 Å². The van der Waals surface area contributed by atoms with E-state index in [4.69, 9.17) is 5.73 Å². The summed E-state index contributed by atoms with van der Waals surface area (Å²) < 4.78 is 13.4. The molecule has 0 bridgehead atoms. The van der Waals surface area contributed by atoms with Crippen molar-refractivity contribution in [2.75, 3.05) is 18.8 Å². The number of halogens is 1. The molecular formula is C19H21FN4O2. The smallest absolute Gasteiger partial charge is 0.245 e. The fourth-order valence-corrected chi connectivity index (χ4v) is 3.90. The van der Waals surface area contributed by atoms with Crippen LogP contribution in [-0.2, 0) is 9.59 Å². The van der Waals surface area contributed by atoms with Gasteiger partial charge in [-0.2, -0.15) is 0 Å². The number of fused-ring (bicyclic) bond motifs is 1. The molecule has 0 radical (unpaired) electrons. The molecule has 4 rings (SSSR count). The number of benzene rings is 1. The molecule has 1 atom stereocenters. The van der Waals surface area contributed by atoms with Crippen molar-refractivity contribution in [3.8, 4) is 0 Å². The number of amides is 2. The summed E-state index contributed by atoms with van der Waals surface area (Å²) in [6.07, 6.45) is 2.55. The van der Waals surface area contributed by atoms with Crippen molar-refractivity contribution in [2.45, 2.75) is 37.6 Å². The SMILES string of the molecule is Nc1cc2cc(F)ccc2nc1C1CCN(C(=O)[C@@H]2CCC(=O)N2)CC1. The number of likely N-dealkylation sites (tertiary alicyclic amines) is 1. The highest BCUT2D eigenvalue weighted by Crippen LogP contribution is 2.32. The summed E-state index contributed by atoms with van der Waals surface area (Å²) in [5.41, 5.74) is 8.28. The number of rotatable bonds is 2. The molecule has 0 saturated carbocycles. The van der Waals surface area contributed by atoms with E-state index in [1.165, 1.54) is 12.1 Å². The predicted octanol–water partition coefficient (Wildman–Crippen LogP) is 1.94. The number of carbonyl (C=O) groups is 2. The number of carbonyl (C=O) groups excluding carboxylic acids is 2. The summed E-state index contributed by atoms with van der Waals surface area (Å²) in [4.78, 5) is 30.3. The van der Waals surface area contributed by atoms with E-state index in [1.54, 1.807) is 12.1 Å². The van der Waals surface area contributed by atoms with Crippen LogP contribution in [0.2, 0.25) is 0 Å². The highest BCUT2D eigenvalue weighted by atomic mass is 19.1. The normalized spacial score (nSPS) is 21.2. The van der Waals surface area contributed by atoms with Crippen molar-refractivity contribution < 1.29 is 14.0 Å². The number of piperidine rings is 1. The Morgan fingerprint density at radius 3 is 2.69 bits per heavy atom. The van der Waals surface area contributed by atoms with Gasteiger partial charge in [0.05, 0.1) is 16.9 Å². The summed E-state index contributed by atoms with van der Waals surface area (Å²) >= 11 is 0. The molecule has 3 heterocycles. The Balaban J connectivity index is 1.47. The second kappa shape index (κ2) is 6.55. The van der Waals surface area contributed by atoms with Crippen LogP contribution in [0.5, 0.6) is 0 Å². The maximum Gasteiger partial charge on any atom is 0.245 e. The number of anilines is 1. The van der Waals surface area contributed by atoms with Crippen LogP contribution >= 0.6 is 0 Å². The maximum atomic E-state index is 13.4. The van der Waals surface area contributed by atoms with E-state index in [1.807, 2.05) is 4.90 Å². The maximum absolute atomic E-state index is 13.4. The van der Waals surface area contributed by atoms with Crippen LogP contribution in [-0.4, -0.2) is 40.8 Å². The number of hydrogen-bond acceptors (Lipinski definition) is 4. The Labute approximate surface area is 150 Å². The van der Waals surface area contributed by atoms with Crippen LogP contribution < -0.4 is 11.1 Å². The largest absolute Gasteiger partial charge is 0.397 e. The Morgan fingerprint density at radius 2 is 2.00 bits per heavy atom. The topological polar surface area (TPSA) is 88.3 Å². The molecule has 0 aliphatic carbocycles. The van der Waals surface area contributed by atoms with Gasteiger partial charge in [0.15, 0.2) is 0 Å². The van der Waals surface area contributed by atoms with E-state index in [0.717, 1.165) is 24.1 Å². The first-order valence-corrected chi connectivity index (χ1v) is 8.95. The molecule has 2 amide bonds. The van der Waals surface area contributed by atoms with Crippen molar-refractivity contribution in [3.63, 3.8) is 0 Å². The summed E-state index contributed by atoms with van der Waals surface area (Å²) in [6, 6.07) is 5.88. The number of nitrogens with two attached hydrogens (primary N) is 1. The molecule has 2 aromatic rings. The summed E-state index contributed by atoms with van der Waals surface area (Å²) in [5, 5.41) is 3.43. The molecule has 2 saturated heterocycles. The van der Waals surface area contributed by atoms with Gasteiger partial charge in [0.2, 0.25) is 11.8 Å². The van der Waals surface area contributed by atoms with Crippen molar-refractivity contribution in [1.82, 2.24) is 15.2 Å². The van der Waals surface area contributed by atoms with E-state index >= 15 is 0 Å². The number of nitrogens with zero attached hydrogens (tertiary/aromatic N) is 2. The van der Waals surface area contributed by atoms with E-state index in [9.17, 15) is 14.0 Å². The van der Waals surface area contributed by atoms with Gasteiger partial charge in [-0.05, 0) is 43.5 Å². The molecule has 2 aliphatic rings. The molecule has 2 fully saturated rings. The molecule has 7 heteroatoms. The molecule has 26 heavy (non-hydrogen) atoms. The molecule has 3 N–H and O–H groups in total. The van der Waals surface area contributed by atoms with E-state index in [-0.39, 0.29) is 29.6 Å². The second-order valence-corrected chi connectivity index (χ2v) is 7.06. The fourth-order valence-electron chi connectivity index (χ4n) is 3.90. The zero-order valence-corrected chi connectivity index (χ0v) is 14.4. The van der Waals surface area contributed by atoms with Crippen LogP contribution in [0.25, 0.3) is 10.9 Å². The lowest BCUT2D eigenvalue weighted by molar-refractivity contribution is -0.135. The van der Waals surface area contributed by atoms with Gasteiger partial charge in [-0.3, -0.25) is 14.6 Å².